The summed E-state index contributed by atoms with van der Waals surface area (Å²) in [5, 5.41) is 4.84. The smallest absolute Gasteiger partial charge is 0.148 e. The maximum atomic E-state index is 5.38. The van der Waals surface area contributed by atoms with Crippen LogP contribution in [-0.4, -0.2) is 55.0 Å². The quantitative estimate of drug-likeness (QED) is 0.475. The molecule has 0 radical (unpaired) electrons. The highest BCUT2D eigenvalue weighted by atomic mass is 32.1. The molecule has 0 amide bonds. The third-order valence-electron chi connectivity index (χ3n) is 2.28. The van der Waals surface area contributed by atoms with Crippen molar-refractivity contribution in [2.75, 3.05) is 45.9 Å². The molecule has 0 fully saturated rings. The van der Waals surface area contributed by atoms with Crippen molar-refractivity contribution in [2.24, 2.45) is 5.84 Å². The second kappa shape index (κ2) is 8.31. The zero-order chi connectivity index (χ0) is 12.5. The number of hydrogen-bond donors (Lipinski definition) is 2. The molecule has 1 aromatic heterocycles. The van der Waals surface area contributed by atoms with Crippen molar-refractivity contribution in [2.45, 2.75) is 6.54 Å². The van der Waals surface area contributed by atoms with E-state index in [4.69, 9.17) is 15.3 Å². The summed E-state index contributed by atoms with van der Waals surface area (Å²) in [6, 6.07) is 0. The first kappa shape index (κ1) is 14.3. The SMILES string of the molecule is COCCN(CCOC)Cc1nnsc1NN. The Bertz CT molecular complexity index is 301. The molecule has 0 aliphatic rings. The number of anilines is 1. The molecule has 1 heterocycles. The first-order chi connectivity index (χ1) is 8.31. The Kier molecular flexibility index (Phi) is 6.97. The second-order valence-corrected chi connectivity index (χ2v) is 4.21. The Morgan fingerprint density at radius 3 is 2.47 bits per heavy atom. The number of hydrogen-bond acceptors (Lipinski definition) is 8. The maximum Gasteiger partial charge on any atom is 0.148 e. The van der Waals surface area contributed by atoms with Gasteiger partial charge in [-0.2, -0.15) is 0 Å². The minimum Gasteiger partial charge on any atom is -0.383 e. The lowest BCUT2D eigenvalue weighted by atomic mass is 10.4. The van der Waals surface area contributed by atoms with Gasteiger partial charge in [0.1, 0.15) is 10.7 Å². The molecular formula is C9H19N5O2S. The van der Waals surface area contributed by atoms with E-state index in [1.165, 1.54) is 11.5 Å². The van der Waals surface area contributed by atoms with E-state index in [9.17, 15) is 0 Å². The molecular weight excluding hydrogens is 242 g/mol. The number of aromatic nitrogens is 2. The Morgan fingerprint density at radius 1 is 1.29 bits per heavy atom. The molecule has 98 valence electrons. The number of hydrazine groups is 1. The fourth-order valence-corrected chi connectivity index (χ4v) is 1.83. The highest BCUT2D eigenvalue weighted by Crippen LogP contribution is 2.17. The summed E-state index contributed by atoms with van der Waals surface area (Å²) < 4.78 is 14.0. The lowest BCUT2D eigenvalue weighted by Crippen LogP contribution is -2.30. The van der Waals surface area contributed by atoms with Crippen LogP contribution in [0.5, 0.6) is 0 Å². The van der Waals surface area contributed by atoms with Crippen LogP contribution in [-0.2, 0) is 16.0 Å². The average Bonchev–Trinajstić information content (AvgIpc) is 2.79. The molecule has 0 spiro atoms. The number of methoxy groups -OCH3 is 2. The van der Waals surface area contributed by atoms with Crippen LogP contribution in [0.15, 0.2) is 0 Å². The standard InChI is InChI=1S/C9H19N5O2S/c1-15-5-3-14(4-6-16-2)7-8-9(11-10)17-13-12-8/h11H,3-7,10H2,1-2H3. The fraction of sp³-hybridized carbons (Fsp3) is 0.778. The van der Waals surface area contributed by atoms with Crippen LogP contribution in [0.2, 0.25) is 0 Å². The molecule has 0 saturated carbocycles. The molecule has 3 N–H and O–H groups in total. The van der Waals surface area contributed by atoms with Gasteiger partial charge in [0.2, 0.25) is 0 Å². The summed E-state index contributed by atoms with van der Waals surface area (Å²) in [6.45, 7) is 3.67. The van der Waals surface area contributed by atoms with Gasteiger partial charge >= 0.3 is 0 Å². The van der Waals surface area contributed by atoms with Crippen LogP contribution in [0.25, 0.3) is 0 Å². The van der Waals surface area contributed by atoms with Gasteiger partial charge in [0.15, 0.2) is 0 Å². The van der Waals surface area contributed by atoms with E-state index < -0.39 is 0 Å². The van der Waals surface area contributed by atoms with Crippen LogP contribution >= 0.6 is 11.5 Å². The molecule has 7 nitrogen and oxygen atoms in total. The summed E-state index contributed by atoms with van der Waals surface area (Å²) in [7, 11) is 3.37. The van der Waals surface area contributed by atoms with Crippen LogP contribution in [0, 0.1) is 0 Å². The first-order valence-electron chi connectivity index (χ1n) is 5.30. The molecule has 0 aliphatic carbocycles. The van der Waals surface area contributed by atoms with Crippen LogP contribution < -0.4 is 11.3 Å². The monoisotopic (exact) mass is 261 g/mol. The third-order valence-corrected chi connectivity index (χ3v) is 2.98. The highest BCUT2D eigenvalue weighted by molar-refractivity contribution is 7.10. The van der Waals surface area contributed by atoms with E-state index in [1.807, 2.05) is 0 Å². The van der Waals surface area contributed by atoms with Crippen molar-refractivity contribution in [1.82, 2.24) is 14.5 Å². The van der Waals surface area contributed by atoms with Crippen molar-refractivity contribution in [3.05, 3.63) is 5.69 Å². The summed E-state index contributed by atoms with van der Waals surface area (Å²) in [4.78, 5) is 2.19. The van der Waals surface area contributed by atoms with E-state index >= 15 is 0 Å². The van der Waals surface area contributed by atoms with E-state index in [0.717, 1.165) is 23.8 Å². The van der Waals surface area contributed by atoms with Gasteiger partial charge < -0.3 is 14.9 Å². The Hall–Kier alpha value is -0.800. The summed E-state index contributed by atoms with van der Waals surface area (Å²) >= 11 is 1.25. The normalized spacial score (nSPS) is 11.1. The van der Waals surface area contributed by atoms with Gasteiger partial charge in [-0.05, 0) is 0 Å². The van der Waals surface area contributed by atoms with Gasteiger partial charge in [-0.1, -0.05) is 4.49 Å². The molecule has 0 aliphatic heterocycles. The molecule has 0 bridgehead atoms. The molecule has 17 heavy (non-hydrogen) atoms. The molecule has 8 heteroatoms. The molecule has 1 aromatic rings. The third kappa shape index (κ3) is 4.92. The van der Waals surface area contributed by atoms with Crippen molar-refractivity contribution < 1.29 is 9.47 Å². The fourth-order valence-electron chi connectivity index (χ4n) is 1.34. The molecule has 0 aromatic carbocycles. The number of nitrogens with two attached hydrogens (primary N) is 1. The number of rotatable bonds is 9. The topological polar surface area (TPSA) is 85.5 Å². The van der Waals surface area contributed by atoms with E-state index in [1.54, 1.807) is 14.2 Å². The lowest BCUT2D eigenvalue weighted by Gasteiger charge is -2.20. The average molecular weight is 261 g/mol. The Labute approximate surface area is 105 Å². The first-order valence-corrected chi connectivity index (χ1v) is 6.07. The predicted molar refractivity (Wildman–Crippen MR) is 66.7 cm³/mol. The zero-order valence-electron chi connectivity index (χ0n) is 10.2. The minimum absolute atomic E-state index is 0.673. The van der Waals surface area contributed by atoms with Crippen molar-refractivity contribution in [1.29, 1.82) is 0 Å². The summed E-state index contributed by atoms with van der Waals surface area (Å²) in [5.41, 5.74) is 3.45. The number of ether oxygens (including phenoxy) is 2. The van der Waals surface area contributed by atoms with Crippen LogP contribution in [0.4, 0.5) is 5.00 Å². The van der Waals surface area contributed by atoms with E-state index in [2.05, 4.69) is 19.9 Å². The van der Waals surface area contributed by atoms with Crippen molar-refractivity contribution in [3.63, 3.8) is 0 Å². The molecule has 1 rings (SSSR count). The van der Waals surface area contributed by atoms with E-state index in [-0.39, 0.29) is 0 Å². The lowest BCUT2D eigenvalue weighted by molar-refractivity contribution is 0.109. The Morgan fingerprint density at radius 2 is 1.94 bits per heavy atom. The number of nitrogens with one attached hydrogen (secondary N) is 1. The summed E-state index contributed by atoms with van der Waals surface area (Å²) in [6.07, 6.45) is 0. The van der Waals surface area contributed by atoms with Crippen LogP contribution in [0.3, 0.4) is 0 Å². The maximum absolute atomic E-state index is 5.38. The molecule has 0 unspecified atom stereocenters. The largest absolute Gasteiger partial charge is 0.383 e. The number of nitrogens with zero attached hydrogens (tertiary/aromatic N) is 3. The van der Waals surface area contributed by atoms with Gasteiger partial charge in [0.05, 0.1) is 13.2 Å². The van der Waals surface area contributed by atoms with Gasteiger partial charge in [0, 0.05) is 45.4 Å². The van der Waals surface area contributed by atoms with Crippen LogP contribution in [0.1, 0.15) is 5.69 Å². The minimum atomic E-state index is 0.673. The van der Waals surface area contributed by atoms with E-state index in [0.29, 0.717) is 19.8 Å². The van der Waals surface area contributed by atoms with Gasteiger partial charge in [-0.3, -0.25) is 4.90 Å². The van der Waals surface area contributed by atoms with Crippen molar-refractivity contribution in [3.8, 4) is 0 Å². The summed E-state index contributed by atoms with van der Waals surface area (Å²) in [5.74, 6) is 5.38. The zero-order valence-corrected chi connectivity index (χ0v) is 11.0. The van der Waals surface area contributed by atoms with Gasteiger partial charge in [0.25, 0.3) is 0 Å². The van der Waals surface area contributed by atoms with Gasteiger partial charge in [-0.15, -0.1) is 5.10 Å². The highest BCUT2D eigenvalue weighted by Gasteiger charge is 2.12. The molecule has 0 saturated heterocycles. The predicted octanol–water partition coefficient (Wildman–Crippen LogP) is -0.0815. The second-order valence-electron chi connectivity index (χ2n) is 3.45. The van der Waals surface area contributed by atoms with Crippen molar-refractivity contribution >= 4 is 16.5 Å². The Balaban J connectivity index is 2.51. The van der Waals surface area contributed by atoms with Gasteiger partial charge in [-0.25, -0.2) is 5.84 Å². The number of nitrogen functional groups attached to an aromatic ring is 1. The molecule has 0 atom stereocenters.